The van der Waals surface area contributed by atoms with E-state index in [0.717, 1.165) is 22.3 Å². The van der Waals surface area contributed by atoms with Crippen molar-refractivity contribution in [3.05, 3.63) is 76.3 Å². The quantitative estimate of drug-likeness (QED) is 0.539. The third-order valence-corrected chi connectivity index (χ3v) is 4.50. The Morgan fingerprint density at radius 3 is 2.58 bits per heavy atom. The highest BCUT2D eigenvalue weighted by atomic mass is 19.4. The van der Waals surface area contributed by atoms with Crippen LogP contribution in [-0.4, -0.2) is 30.5 Å². The maximum Gasteiger partial charge on any atom is 0.416 e. The number of fused-ring (bicyclic) bond motifs is 1. The highest BCUT2D eigenvalue weighted by Gasteiger charge is 2.30. The molecule has 8 nitrogen and oxygen atoms in total. The van der Waals surface area contributed by atoms with Crippen molar-refractivity contribution in [3.8, 4) is 5.69 Å². The Morgan fingerprint density at radius 2 is 1.87 bits per heavy atom. The summed E-state index contributed by atoms with van der Waals surface area (Å²) in [5, 5.41) is 10.2. The lowest BCUT2D eigenvalue weighted by Crippen LogP contribution is -2.28. The van der Waals surface area contributed by atoms with Crippen molar-refractivity contribution in [3.63, 3.8) is 0 Å². The van der Waals surface area contributed by atoms with Crippen LogP contribution >= 0.6 is 0 Å². The van der Waals surface area contributed by atoms with Gasteiger partial charge in [-0.25, -0.2) is 4.98 Å². The summed E-state index contributed by atoms with van der Waals surface area (Å²) in [4.78, 5) is 29.1. The van der Waals surface area contributed by atoms with Gasteiger partial charge < -0.3 is 5.32 Å². The first kappa shape index (κ1) is 20.3. The van der Waals surface area contributed by atoms with Crippen molar-refractivity contribution in [2.45, 2.75) is 19.6 Å². The summed E-state index contributed by atoms with van der Waals surface area (Å²) in [6.07, 6.45) is -3.36. The minimum Gasteiger partial charge on any atom is -0.325 e. The molecular weight excluding hydrogens is 413 g/mol. The molecule has 2 aromatic carbocycles. The Labute approximate surface area is 173 Å². The van der Waals surface area contributed by atoms with Crippen LogP contribution in [0, 0.1) is 6.92 Å². The van der Waals surface area contributed by atoms with Crippen molar-refractivity contribution in [1.82, 2.24) is 24.5 Å². The molecular formula is C20H15F3N6O2. The molecule has 0 unspecified atom stereocenters. The van der Waals surface area contributed by atoms with Gasteiger partial charge in [0.25, 0.3) is 5.56 Å². The summed E-state index contributed by atoms with van der Waals surface area (Å²) < 4.78 is 40.9. The molecule has 0 aliphatic heterocycles. The lowest BCUT2D eigenvalue weighted by atomic mass is 10.2. The van der Waals surface area contributed by atoms with Gasteiger partial charge in [-0.1, -0.05) is 29.0 Å². The van der Waals surface area contributed by atoms with Crippen LogP contribution in [0.15, 0.2) is 59.7 Å². The van der Waals surface area contributed by atoms with Crippen LogP contribution in [0.2, 0.25) is 0 Å². The summed E-state index contributed by atoms with van der Waals surface area (Å²) in [6.45, 7) is 1.49. The first-order valence-corrected chi connectivity index (χ1v) is 9.07. The van der Waals surface area contributed by atoms with Gasteiger partial charge in [0, 0.05) is 5.69 Å². The van der Waals surface area contributed by atoms with Crippen molar-refractivity contribution >= 4 is 22.8 Å². The Morgan fingerprint density at radius 1 is 1.13 bits per heavy atom. The smallest absolute Gasteiger partial charge is 0.325 e. The number of rotatable bonds is 4. The summed E-state index contributed by atoms with van der Waals surface area (Å²) in [6, 6.07) is 11.6. The van der Waals surface area contributed by atoms with Crippen LogP contribution in [0.1, 0.15) is 11.1 Å². The first-order chi connectivity index (χ1) is 14.7. The number of aromatic nitrogens is 5. The second kappa shape index (κ2) is 7.67. The zero-order valence-corrected chi connectivity index (χ0v) is 16.1. The number of aryl methyl sites for hydroxylation is 1. The van der Waals surface area contributed by atoms with Crippen LogP contribution in [0.4, 0.5) is 18.9 Å². The van der Waals surface area contributed by atoms with E-state index in [1.165, 1.54) is 23.1 Å². The highest BCUT2D eigenvalue weighted by molar-refractivity contribution is 5.90. The van der Waals surface area contributed by atoms with Gasteiger partial charge in [-0.05, 0) is 37.3 Å². The second-order valence-corrected chi connectivity index (χ2v) is 6.81. The number of hydrogen-bond acceptors (Lipinski definition) is 5. The maximum atomic E-state index is 12.8. The number of anilines is 1. The van der Waals surface area contributed by atoms with Crippen LogP contribution in [0.5, 0.6) is 0 Å². The molecule has 0 saturated carbocycles. The third kappa shape index (κ3) is 4.15. The molecule has 0 saturated heterocycles. The van der Waals surface area contributed by atoms with E-state index in [1.54, 1.807) is 12.1 Å². The van der Waals surface area contributed by atoms with Gasteiger partial charge >= 0.3 is 6.18 Å². The number of halogens is 3. The molecule has 2 heterocycles. The lowest BCUT2D eigenvalue weighted by molar-refractivity contribution is -0.137. The Balaban J connectivity index is 1.57. The molecule has 0 aliphatic carbocycles. The summed E-state index contributed by atoms with van der Waals surface area (Å²) in [5.74, 6) is -0.687. The van der Waals surface area contributed by atoms with E-state index in [2.05, 4.69) is 20.6 Å². The van der Waals surface area contributed by atoms with Crippen molar-refractivity contribution in [2.24, 2.45) is 0 Å². The largest absolute Gasteiger partial charge is 0.416 e. The third-order valence-electron chi connectivity index (χ3n) is 4.50. The average molecular weight is 428 g/mol. The molecule has 1 N–H and O–H groups in total. The van der Waals surface area contributed by atoms with Gasteiger partial charge in [0.2, 0.25) is 5.91 Å². The molecule has 4 rings (SSSR count). The lowest BCUT2D eigenvalue weighted by Gasteiger charge is -2.10. The monoisotopic (exact) mass is 428 g/mol. The number of benzene rings is 2. The molecule has 11 heteroatoms. The predicted octanol–water partition coefficient (Wildman–Crippen LogP) is 2.94. The molecule has 1 amide bonds. The zero-order chi connectivity index (χ0) is 22.2. The van der Waals surface area contributed by atoms with E-state index in [1.807, 2.05) is 19.1 Å². The van der Waals surface area contributed by atoms with Crippen molar-refractivity contribution < 1.29 is 18.0 Å². The zero-order valence-electron chi connectivity index (χ0n) is 16.1. The van der Waals surface area contributed by atoms with Crippen LogP contribution in [0.3, 0.4) is 0 Å². The normalized spacial score (nSPS) is 11.6. The molecule has 2 aromatic heterocycles. The van der Waals surface area contributed by atoms with E-state index in [4.69, 9.17) is 0 Å². The number of carbonyl (C=O) groups excluding carboxylic acids is 1. The molecule has 158 valence electrons. The van der Waals surface area contributed by atoms with Crippen molar-refractivity contribution in [2.75, 3.05) is 5.32 Å². The van der Waals surface area contributed by atoms with Gasteiger partial charge in [-0.3, -0.25) is 14.2 Å². The summed E-state index contributed by atoms with van der Waals surface area (Å²) in [5.41, 5.74) is 0.390. The van der Waals surface area contributed by atoms with Gasteiger partial charge in [0.1, 0.15) is 12.9 Å². The van der Waals surface area contributed by atoms with Gasteiger partial charge in [0.15, 0.2) is 11.2 Å². The molecule has 4 aromatic rings. The molecule has 0 aliphatic rings. The topological polar surface area (TPSA) is 94.7 Å². The Kier molecular flexibility index (Phi) is 5.01. The SMILES string of the molecule is Cc1ccc(-n2nnc3c(=O)n(CC(=O)Nc4cccc(C(F)(F)F)c4)cnc32)cc1. The fourth-order valence-corrected chi connectivity index (χ4v) is 2.94. The molecule has 31 heavy (non-hydrogen) atoms. The van der Waals surface area contributed by atoms with Crippen LogP contribution in [-0.2, 0) is 17.5 Å². The van der Waals surface area contributed by atoms with Gasteiger partial charge in [0.05, 0.1) is 11.3 Å². The molecule has 0 spiro atoms. The molecule has 0 fully saturated rings. The van der Waals surface area contributed by atoms with E-state index < -0.39 is 29.8 Å². The van der Waals surface area contributed by atoms with Crippen LogP contribution < -0.4 is 10.9 Å². The number of amides is 1. The standard InChI is InChI=1S/C20H15F3N6O2/c1-12-5-7-15(8-6-12)29-18-17(26-27-29)19(31)28(11-24-18)10-16(30)25-14-4-2-3-13(9-14)20(21,22)23/h2-9,11H,10H2,1H3,(H,25,30). The highest BCUT2D eigenvalue weighted by Crippen LogP contribution is 2.30. The van der Waals surface area contributed by atoms with Crippen LogP contribution in [0.25, 0.3) is 16.9 Å². The minimum absolute atomic E-state index is 0.0325. The van der Waals surface area contributed by atoms with E-state index in [9.17, 15) is 22.8 Å². The Hall–Kier alpha value is -4.02. The second-order valence-electron chi connectivity index (χ2n) is 6.81. The van der Waals surface area contributed by atoms with E-state index in [0.29, 0.717) is 5.69 Å². The number of alkyl halides is 3. The summed E-state index contributed by atoms with van der Waals surface area (Å²) in [7, 11) is 0. The number of nitrogens with zero attached hydrogens (tertiary/aromatic N) is 5. The number of nitrogens with one attached hydrogen (secondary N) is 1. The Bertz CT molecular complexity index is 1330. The number of carbonyl (C=O) groups is 1. The maximum absolute atomic E-state index is 12.8. The van der Waals surface area contributed by atoms with E-state index in [-0.39, 0.29) is 16.9 Å². The van der Waals surface area contributed by atoms with E-state index >= 15 is 0 Å². The molecule has 0 radical (unpaired) electrons. The van der Waals surface area contributed by atoms with Gasteiger partial charge in [-0.2, -0.15) is 17.9 Å². The first-order valence-electron chi connectivity index (χ1n) is 9.07. The summed E-state index contributed by atoms with van der Waals surface area (Å²) >= 11 is 0. The van der Waals surface area contributed by atoms with Gasteiger partial charge in [-0.15, -0.1) is 5.10 Å². The molecule has 0 atom stereocenters. The number of hydrogen-bond donors (Lipinski definition) is 1. The van der Waals surface area contributed by atoms with Crippen molar-refractivity contribution in [1.29, 1.82) is 0 Å². The predicted molar refractivity (Wildman–Crippen MR) is 106 cm³/mol. The fraction of sp³-hybridized carbons (Fsp3) is 0.150. The fourth-order valence-electron chi connectivity index (χ4n) is 2.94. The molecule has 0 bridgehead atoms. The average Bonchev–Trinajstić information content (AvgIpc) is 3.15. The minimum atomic E-state index is -4.53.